The molecule has 0 aliphatic carbocycles. The summed E-state index contributed by atoms with van der Waals surface area (Å²) in [5, 5.41) is 0. The molecule has 0 bridgehead atoms. The molecular weight excluding hydrogens is 95.5 g/mol. The van der Waals surface area contributed by atoms with E-state index in [0.29, 0.717) is 0 Å². The van der Waals surface area contributed by atoms with Crippen molar-refractivity contribution < 1.29 is 24.8 Å². The Morgan fingerprint density at radius 2 is 1.40 bits per heavy atom. The molecule has 34 valence electrons. The Morgan fingerprint density at radius 3 is 1.40 bits per heavy atom. The molecule has 0 saturated heterocycles. The monoisotopic (exact) mass is 100.0 g/mol. The quantitative estimate of drug-likeness (QED) is 0.372. The zero-order chi connectivity index (χ0) is 3.58. The molecule has 0 spiro atoms. The van der Waals surface area contributed by atoms with Gasteiger partial charge in [-0.05, 0) is 0 Å². The van der Waals surface area contributed by atoms with Crippen LogP contribution in [-0.4, -0.2) is 4.66 Å². The maximum absolute atomic E-state index is 8.52. The zero-order valence-corrected chi connectivity index (χ0v) is 2.40. The van der Waals surface area contributed by atoms with E-state index in [-0.39, 0.29) is 7.43 Å². The summed E-state index contributed by atoms with van der Waals surface area (Å²) in [6, 6.07) is 0. The van der Waals surface area contributed by atoms with Gasteiger partial charge in [-0.25, -0.2) is 0 Å². The molecule has 0 atom stereocenters. The molecule has 5 heavy (non-hydrogen) atoms. The molecule has 0 aliphatic rings. The van der Waals surface area contributed by atoms with Gasteiger partial charge in [0, 0.05) is 4.66 Å². The van der Waals surface area contributed by atoms with E-state index in [2.05, 4.69) is 0 Å². The van der Waals surface area contributed by atoms with Crippen molar-refractivity contribution in [3.63, 3.8) is 0 Å². The Hall–Kier alpha value is 0.170. The van der Waals surface area contributed by atoms with Crippen LogP contribution in [0.5, 0.6) is 0 Å². The molecule has 0 fully saturated rings. The van der Waals surface area contributed by atoms with Crippen LogP contribution in [0.15, 0.2) is 0 Å². The molecule has 0 heterocycles. The van der Waals surface area contributed by atoms with E-state index in [1.54, 1.807) is 0 Å². The third-order valence-electron chi connectivity index (χ3n) is 0. The smallest absolute Gasteiger partial charge is 0.282 e. The second-order valence-electron chi connectivity index (χ2n) is 0.201. The van der Waals surface area contributed by atoms with Gasteiger partial charge in [0.05, 0.1) is 0 Å². The average molecular weight is 101 g/mol. The average Bonchev–Trinajstić information content (AvgIpc) is 0.811. The van der Waals surface area contributed by atoms with Crippen molar-refractivity contribution in [1.82, 2.24) is 0 Å². The summed E-state index contributed by atoms with van der Waals surface area (Å²) in [6.45, 7) is 0. The van der Waals surface area contributed by atoms with Gasteiger partial charge in [-0.3, -0.25) is 0 Å². The van der Waals surface area contributed by atoms with Crippen LogP contribution >= 0.6 is 0 Å². The van der Waals surface area contributed by atoms with Crippen molar-refractivity contribution in [2.45, 2.75) is 7.43 Å². The molecule has 0 aromatic rings. The van der Waals surface area contributed by atoms with Crippen LogP contribution in [0, 0.1) is 10.8 Å². The molecule has 1 N–H and O–H groups in total. The van der Waals surface area contributed by atoms with Crippen LogP contribution in [0.1, 0.15) is 7.43 Å². The Kier molecular flexibility index (Phi) is 7.46. The van der Waals surface area contributed by atoms with Crippen LogP contribution in [0.4, 0.5) is 0 Å². The number of hydrogen-bond acceptors (Lipinski definition) is 3. The summed E-state index contributed by atoms with van der Waals surface area (Å²) in [5.41, 5.74) is 0. The molecule has 3 nitrogen and oxygen atoms in total. The standard InChI is InChI=1S/CH4.ClHO3/c;2-1(3)4/h1H4;2H. The van der Waals surface area contributed by atoms with Gasteiger partial charge in [0.2, 0.25) is 0 Å². The maximum atomic E-state index is 8.52. The van der Waals surface area contributed by atoms with E-state index in [0.717, 1.165) is 0 Å². The van der Waals surface area contributed by atoms with E-state index in [4.69, 9.17) is 14.0 Å². The fraction of sp³-hybridized carbons (Fsp3) is 1.00. The molecular formula is CH5ClO3. The van der Waals surface area contributed by atoms with Crippen LogP contribution < -0.4 is 9.32 Å². The van der Waals surface area contributed by atoms with Crippen molar-refractivity contribution in [3.8, 4) is 0 Å². The highest BCUT2D eigenvalue weighted by molar-refractivity contribution is 2.50. The summed E-state index contributed by atoms with van der Waals surface area (Å²) in [6.07, 6.45) is 0. The maximum Gasteiger partial charge on any atom is 0.282 e. The van der Waals surface area contributed by atoms with Gasteiger partial charge < -0.3 is 9.32 Å². The van der Waals surface area contributed by atoms with Gasteiger partial charge in [0.15, 0.2) is 0 Å². The molecule has 0 amide bonds. The minimum atomic E-state index is -2.60. The van der Waals surface area contributed by atoms with Gasteiger partial charge >= 0.3 is 0 Å². The summed E-state index contributed by atoms with van der Waals surface area (Å²) < 4.78 is 24.0. The van der Waals surface area contributed by atoms with Gasteiger partial charge in [-0.1, -0.05) is 7.43 Å². The molecule has 0 aliphatic heterocycles. The Balaban J connectivity index is 0. The van der Waals surface area contributed by atoms with Gasteiger partial charge in [-0.15, -0.1) is 0 Å². The number of halogens is 1. The molecule has 0 unspecified atom stereocenters. The second-order valence-corrected chi connectivity index (χ2v) is 0.603. The zero-order valence-electron chi connectivity index (χ0n) is 1.64. The lowest BCUT2D eigenvalue weighted by atomic mass is 12.0. The lowest BCUT2D eigenvalue weighted by molar-refractivity contribution is -1.63. The van der Waals surface area contributed by atoms with Gasteiger partial charge in [0.1, 0.15) is 0 Å². The first kappa shape index (κ1) is 8.95. The Bertz CT molecular complexity index is 11.6. The third-order valence-corrected chi connectivity index (χ3v) is 0. The topological polar surface area (TPSA) is 66.3 Å². The first-order valence-electron chi connectivity index (χ1n) is 0.478. The van der Waals surface area contributed by atoms with Gasteiger partial charge in [-0.2, -0.15) is 0 Å². The molecule has 0 aromatic carbocycles. The molecule has 0 saturated carbocycles. The predicted octanol–water partition coefficient (Wildman–Crippen LogP) is -2.30. The van der Waals surface area contributed by atoms with E-state index in [1.165, 1.54) is 0 Å². The lowest BCUT2D eigenvalue weighted by Gasteiger charge is -1.72. The summed E-state index contributed by atoms with van der Waals surface area (Å²) in [5.74, 6) is 0. The largest absolute Gasteiger partial charge is 0.321 e. The minimum absolute atomic E-state index is 0. The van der Waals surface area contributed by atoms with Crippen LogP contribution in [-0.2, 0) is 0 Å². The van der Waals surface area contributed by atoms with Crippen molar-refractivity contribution in [3.05, 3.63) is 0 Å². The Morgan fingerprint density at radius 1 is 1.40 bits per heavy atom. The molecule has 0 aromatic heterocycles. The van der Waals surface area contributed by atoms with Crippen LogP contribution in [0.25, 0.3) is 0 Å². The number of hydrogen-bond donors (Lipinski definition) is 1. The number of rotatable bonds is 0. The SMILES string of the molecule is C.[O-][Cl+2]([O-])O. The van der Waals surface area contributed by atoms with E-state index < -0.39 is 10.8 Å². The lowest BCUT2D eigenvalue weighted by Crippen LogP contribution is -2.30. The van der Waals surface area contributed by atoms with Crippen molar-refractivity contribution in [2.75, 3.05) is 0 Å². The normalized spacial score (nSPS) is 7.20. The first-order chi connectivity index (χ1) is 1.73. The van der Waals surface area contributed by atoms with Crippen LogP contribution in [0.2, 0.25) is 0 Å². The van der Waals surface area contributed by atoms with Crippen molar-refractivity contribution in [1.29, 1.82) is 0 Å². The summed E-state index contributed by atoms with van der Waals surface area (Å²) >= 11 is 0. The van der Waals surface area contributed by atoms with E-state index in [1.807, 2.05) is 0 Å². The summed E-state index contributed by atoms with van der Waals surface area (Å²) in [7, 11) is -2.60. The third kappa shape index (κ3) is 679. The van der Waals surface area contributed by atoms with Crippen LogP contribution in [0.3, 0.4) is 0 Å². The molecule has 4 heteroatoms. The fourth-order valence-corrected chi connectivity index (χ4v) is 0. The second kappa shape index (κ2) is 4.17. The van der Waals surface area contributed by atoms with Crippen molar-refractivity contribution >= 4 is 0 Å². The van der Waals surface area contributed by atoms with E-state index >= 15 is 0 Å². The molecule has 0 radical (unpaired) electrons. The predicted molar refractivity (Wildman–Crippen MR) is 8.95 cm³/mol. The van der Waals surface area contributed by atoms with Gasteiger partial charge in [0.25, 0.3) is 10.8 Å². The highest BCUT2D eigenvalue weighted by Crippen LogP contribution is 1.38. The highest BCUT2D eigenvalue weighted by Gasteiger charge is 1.79. The highest BCUT2D eigenvalue weighted by atomic mass is 35.6. The molecule has 0 rings (SSSR count). The minimum Gasteiger partial charge on any atom is -0.321 e. The Labute approximate surface area is 33.3 Å². The fourth-order valence-electron chi connectivity index (χ4n) is 0. The van der Waals surface area contributed by atoms with Crippen molar-refractivity contribution in [2.24, 2.45) is 0 Å². The summed E-state index contributed by atoms with van der Waals surface area (Å²) in [4.78, 5) is 0. The van der Waals surface area contributed by atoms with E-state index in [9.17, 15) is 0 Å². The first-order valence-corrected chi connectivity index (χ1v) is 1.43.